The maximum atomic E-state index is 12.3. The van der Waals surface area contributed by atoms with Crippen LogP contribution in [0.5, 0.6) is 0 Å². The van der Waals surface area contributed by atoms with Gasteiger partial charge in [0.15, 0.2) is 12.5 Å². The normalized spacial score (nSPS) is 19.4. The molecule has 132 valence electrons. The first kappa shape index (κ1) is 18.8. The molecule has 1 heterocycles. The summed E-state index contributed by atoms with van der Waals surface area (Å²) in [6.45, 7) is 1.74. The van der Waals surface area contributed by atoms with E-state index in [-0.39, 0.29) is 5.17 Å². The summed E-state index contributed by atoms with van der Waals surface area (Å²) >= 11 is 0.659. The van der Waals surface area contributed by atoms with E-state index in [1.807, 2.05) is 0 Å². The fourth-order valence-corrected chi connectivity index (χ4v) is 3.65. The quantitative estimate of drug-likeness (QED) is 0.582. The minimum atomic E-state index is -4.26. The van der Waals surface area contributed by atoms with Crippen LogP contribution in [0.15, 0.2) is 34.3 Å². The molecule has 0 radical (unpaired) electrons. The van der Waals surface area contributed by atoms with Crippen molar-refractivity contribution in [2.45, 2.75) is 24.2 Å². The van der Waals surface area contributed by atoms with E-state index in [1.165, 1.54) is 16.0 Å². The molecule has 0 aromatic heterocycles. The van der Waals surface area contributed by atoms with Crippen molar-refractivity contribution >= 4 is 39.7 Å². The van der Waals surface area contributed by atoms with Gasteiger partial charge in [0.1, 0.15) is 0 Å². The number of anilines is 1. The van der Waals surface area contributed by atoms with Crippen LogP contribution in [0.1, 0.15) is 6.92 Å². The highest BCUT2D eigenvalue weighted by molar-refractivity contribution is 8.00. The molecule has 0 spiro atoms. The zero-order valence-electron chi connectivity index (χ0n) is 13.0. The zero-order chi connectivity index (χ0) is 17.9. The maximum absolute atomic E-state index is 12.3. The number of amidine groups is 1. The predicted molar refractivity (Wildman–Crippen MR) is 89.4 cm³/mol. The van der Waals surface area contributed by atoms with Gasteiger partial charge in [-0.3, -0.25) is 9.00 Å². The summed E-state index contributed by atoms with van der Waals surface area (Å²) in [6.07, 6.45) is -4.39. The van der Waals surface area contributed by atoms with Gasteiger partial charge in [0, 0.05) is 17.7 Å². The minimum absolute atomic E-state index is 0.267. The number of halogens is 3. The molecular weight excluding hydrogens is 363 g/mol. The highest BCUT2D eigenvalue weighted by Gasteiger charge is 2.35. The highest BCUT2D eigenvalue weighted by atomic mass is 32.2. The van der Waals surface area contributed by atoms with Crippen molar-refractivity contribution in [1.82, 2.24) is 4.90 Å². The molecule has 0 saturated carbocycles. The standard InChI is InChI=1S/C14H16F3N3O2S2/c1-3-24(22)13-18-20(12(8-21)19(13)2)10-5-4-6-11(7-10)23-9-14(15,16)17/h4-8,12H,3,9H2,1-2H3. The molecule has 1 aliphatic rings. The lowest BCUT2D eigenvalue weighted by molar-refractivity contribution is -0.110. The summed E-state index contributed by atoms with van der Waals surface area (Å²) in [6, 6.07) is 6.33. The van der Waals surface area contributed by atoms with Crippen LogP contribution in [0.25, 0.3) is 0 Å². The molecule has 0 fully saturated rings. The molecule has 24 heavy (non-hydrogen) atoms. The van der Waals surface area contributed by atoms with E-state index in [4.69, 9.17) is 0 Å². The van der Waals surface area contributed by atoms with E-state index in [2.05, 4.69) is 5.10 Å². The Labute approximate surface area is 144 Å². The van der Waals surface area contributed by atoms with E-state index in [9.17, 15) is 22.2 Å². The molecule has 0 aliphatic carbocycles. The Bertz CT molecular complexity index is 667. The first-order valence-electron chi connectivity index (χ1n) is 7.00. The van der Waals surface area contributed by atoms with Crippen LogP contribution >= 0.6 is 11.8 Å². The van der Waals surface area contributed by atoms with Gasteiger partial charge < -0.3 is 4.90 Å². The van der Waals surface area contributed by atoms with Crippen LogP contribution < -0.4 is 5.01 Å². The number of rotatable bonds is 5. The van der Waals surface area contributed by atoms with E-state index in [0.717, 1.165) is 0 Å². The fourth-order valence-electron chi connectivity index (χ4n) is 2.07. The Kier molecular flexibility index (Phi) is 5.92. The third-order valence-electron chi connectivity index (χ3n) is 3.21. The molecule has 0 amide bonds. The van der Waals surface area contributed by atoms with Crippen LogP contribution in [0.3, 0.4) is 0 Å². The van der Waals surface area contributed by atoms with Gasteiger partial charge in [-0.25, -0.2) is 5.01 Å². The second-order valence-electron chi connectivity index (χ2n) is 4.92. The van der Waals surface area contributed by atoms with Crippen molar-refractivity contribution in [1.29, 1.82) is 0 Å². The molecule has 2 rings (SSSR count). The topological polar surface area (TPSA) is 53.0 Å². The molecule has 5 nitrogen and oxygen atoms in total. The van der Waals surface area contributed by atoms with Crippen molar-refractivity contribution in [2.24, 2.45) is 5.10 Å². The first-order chi connectivity index (χ1) is 11.3. The van der Waals surface area contributed by atoms with E-state index < -0.39 is 28.9 Å². The van der Waals surface area contributed by atoms with Gasteiger partial charge in [0.25, 0.3) is 0 Å². The van der Waals surface area contributed by atoms with E-state index in [1.54, 1.807) is 32.2 Å². The Morgan fingerprint density at radius 2 is 2.12 bits per heavy atom. The van der Waals surface area contributed by atoms with Crippen LogP contribution in [0.4, 0.5) is 18.9 Å². The average molecular weight is 379 g/mol. The van der Waals surface area contributed by atoms with Gasteiger partial charge in [-0.2, -0.15) is 13.2 Å². The third-order valence-corrected chi connectivity index (χ3v) is 5.57. The molecule has 2 unspecified atom stereocenters. The third kappa shape index (κ3) is 4.29. The molecule has 1 aromatic carbocycles. The Hall–Kier alpha value is -1.55. The number of benzene rings is 1. The summed E-state index contributed by atoms with van der Waals surface area (Å²) in [7, 11) is 0.257. The van der Waals surface area contributed by atoms with Gasteiger partial charge in [-0.05, 0) is 18.2 Å². The number of thioether (sulfide) groups is 1. The minimum Gasteiger partial charge on any atom is -0.323 e. The molecular formula is C14H16F3N3O2S2. The monoisotopic (exact) mass is 379 g/mol. The molecule has 2 atom stereocenters. The van der Waals surface area contributed by atoms with Crippen molar-refractivity contribution in [3.05, 3.63) is 24.3 Å². The number of nitrogens with zero attached hydrogens (tertiary/aromatic N) is 3. The van der Waals surface area contributed by atoms with Crippen LogP contribution in [-0.4, -0.2) is 51.5 Å². The number of hydrazone groups is 1. The van der Waals surface area contributed by atoms with E-state index >= 15 is 0 Å². The lowest BCUT2D eigenvalue weighted by Gasteiger charge is -2.24. The molecule has 0 N–H and O–H groups in total. The van der Waals surface area contributed by atoms with Gasteiger partial charge in [-0.15, -0.1) is 16.9 Å². The van der Waals surface area contributed by atoms with Crippen LogP contribution in [-0.2, 0) is 15.6 Å². The smallest absolute Gasteiger partial charge is 0.323 e. The Morgan fingerprint density at radius 1 is 1.42 bits per heavy atom. The number of hydrogen-bond acceptors (Lipinski definition) is 6. The van der Waals surface area contributed by atoms with Gasteiger partial charge in [0.05, 0.1) is 22.2 Å². The zero-order valence-corrected chi connectivity index (χ0v) is 14.6. The van der Waals surface area contributed by atoms with Crippen molar-refractivity contribution in [3.63, 3.8) is 0 Å². The predicted octanol–water partition coefficient (Wildman–Crippen LogP) is 2.66. The van der Waals surface area contributed by atoms with Crippen molar-refractivity contribution in [3.8, 4) is 0 Å². The summed E-state index contributed by atoms with van der Waals surface area (Å²) in [5, 5.41) is 5.86. The first-order valence-corrected chi connectivity index (χ1v) is 9.31. The molecule has 1 aromatic rings. The van der Waals surface area contributed by atoms with Crippen LogP contribution in [0.2, 0.25) is 0 Å². The Morgan fingerprint density at radius 3 is 2.71 bits per heavy atom. The lowest BCUT2D eigenvalue weighted by atomic mass is 10.3. The number of alkyl halides is 3. The van der Waals surface area contributed by atoms with E-state index in [0.29, 0.717) is 34.4 Å². The number of likely N-dealkylation sites (N-methyl/N-ethyl adjacent to an activating group) is 1. The van der Waals surface area contributed by atoms with Crippen molar-refractivity contribution in [2.75, 3.05) is 23.6 Å². The summed E-state index contributed by atoms with van der Waals surface area (Å²) in [5.74, 6) is -0.647. The number of carbonyl (C=O) groups is 1. The summed E-state index contributed by atoms with van der Waals surface area (Å²) in [4.78, 5) is 13.3. The number of carbonyl (C=O) groups excluding carboxylic acids is 1. The highest BCUT2D eigenvalue weighted by Crippen LogP contribution is 2.31. The van der Waals surface area contributed by atoms with Gasteiger partial charge >= 0.3 is 6.18 Å². The van der Waals surface area contributed by atoms with Gasteiger partial charge in [-0.1, -0.05) is 13.0 Å². The summed E-state index contributed by atoms with van der Waals surface area (Å²) in [5.41, 5.74) is 0.467. The lowest BCUT2D eigenvalue weighted by Crippen LogP contribution is -2.41. The maximum Gasteiger partial charge on any atom is 0.398 e. The fraction of sp³-hybridized carbons (Fsp3) is 0.429. The van der Waals surface area contributed by atoms with Crippen LogP contribution in [0, 0.1) is 0 Å². The average Bonchev–Trinajstić information content (AvgIpc) is 2.88. The number of aldehydes is 1. The largest absolute Gasteiger partial charge is 0.398 e. The number of hydrogen-bond donors (Lipinski definition) is 0. The molecule has 0 bridgehead atoms. The van der Waals surface area contributed by atoms with Crippen molar-refractivity contribution < 1.29 is 22.2 Å². The summed E-state index contributed by atoms with van der Waals surface area (Å²) < 4.78 is 49.1. The van der Waals surface area contributed by atoms with Gasteiger partial charge in [0.2, 0.25) is 5.17 Å². The SMILES string of the molecule is CCS(=O)C1=NN(c2cccc(SCC(F)(F)F)c2)C(C=O)N1C. The molecule has 0 saturated heterocycles. The molecule has 1 aliphatic heterocycles. The second kappa shape index (κ2) is 7.56. The molecule has 10 heteroatoms. The second-order valence-corrected chi connectivity index (χ2v) is 7.61. The Balaban J connectivity index is 2.27.